The third-order valence-corrected chi connectivity index (χ3v) is 5.91. The highest BCUT2D eigenvalue weighted by Gasteiger charge is 2.22. The van der Waals surface area contributed by atoms with Crippen LogP contribution < -0.4 is 9.62 Å². The van der Waals surface area contributed by atoms with Crippen molar-refractivity contribution >= 4 is 33.2 Å². The van der Waals surface area contributed by atoms with Crippen LogP contribution in [0.2, 0.25) is 5.02 Å². The van der Waals surface area contributed by atoms with E-state index >= 15 is 0 Å². The van der Waals surface area contributed by atoms with Gasteiger partial charge in [-0.3, -0.25) is 9.10 Å². The summed E-state index contributed by atoms with van der Waals surface area (Å²) in [5.41, 5.74) is 0.624. The van der Waals surface area contributed by atoms with E-state index in [9.17, 15) is 13.2 Å². The van der Waals surface area contributed by atoms with Gasteiger partial charge in [0, 0.05) is 13.6 Å². The van der Waals surface area contributed by atoms with Gasteiger partial charge in [0.05, 0.1) is 21.2 Å². The molecule has 0 aliphatic heterocycles. The molecule has 2 rings (SSSR count). The SMILES string of the molecule is CCCCNC(=O)c1cc(N(C)S(=O)(=O)c2ccccc2)ccc1Cl. The van der Waals surface area contributed by atoms with Crippen molar-refractivity contribution in [3.05, 3.63) is 59.1 Å². The fourth-order valence-electron chi connectivity index (χ4n) is 2.25. The summed E-state index contributed by atoms with van der Waals surface area (Å²) in [6, 6.07) is 12.7. The standard InChI is InChI=1S/C18H21ClN2O3S/c1-3-4-12-20-18(22)16-13-14(10-11-17(16)19)21(2)25(23,24)15-8-6-5-7-9-15/h5-11,13H,3-4,12H2,1-2H3,(H,20,22). The molecular weight excluding hydrogens is 360 g/mol. The normalized spacial score (nSPS) is 11.2. The van der Waals surface area contributed by atoms with E-state index in [1.54, 1.807) is 24.3 Å². The second-order valence-corrected chi connectivity index (χ2v) is 7.94. The molecule has 2 aromatic carbocycles. The summed E-state index contributed by atoms with van der Waals surface area (Å²) in [5.74, 6) is -0.314. The molecule has 1 N–H and O–H groups in total. The number of nitrogens with one attached hydrogen (secondary N) is 1. The number of carbonyl (C=O) groups excluding carboxylic acids is 1. The number of halogens is 1. The topological polar surface area (TPSA) is 66.5 Å². The molecule has 2 aromatic rings. The van der Waals surface area contributed by atoms with Crippen LogP contribution >= 0.6 is 11.6 Å². The third-order valence-electron chi connectivity index (χ3n) is 3.78. The smallest absolute Gasteiger partial charge is 0.264 e. The number of hydrogen-bond donors (Lipinski definition) is 1. The molecule has 0 aliphatic rings. The van der Waals surface area contributed by atoms with Crippen LogP contribution in [0.15, 0.2) is 53.4 Å². The number of carbonyl (C=O) groups is 1. The minimum atomic E-state index is -3.71. The zero-order chi connectivity index (χ0) is 18.4. The van der Waals surface area contributed by atoms with Gasteiger partial charge in [0.2, 0.25) is 0 Å². The van der Waals surface area contributed by atoms with Crippen molar-refractivity contribution in [1.29, 1.82) is 0 Å². The van der Waals surface area contributed by atoms with Crippen molar-refractivity contribution in [2.24, 2.45) is 0 Å². The highest BCUT2D eigenvalue weighted by atomic mass is 35.5. The summed E-state index contributed by atoms with van der Waals surface area (Å²) in [6.45, 7) is 2.58. The van der Waals surface area contributed by atoms with E-state index in [0.717, 1.165) is 17.1 Å². The van der Waals surface area contributed by atoms with Crippen LogP contribution in [0.4, 0.5) is 5.69 Å². The molecule has 0 atom stereocenters. The van der Waals surface area contributed by atoms with E-state index in [0.29, 0.717) is 12.2 Å². The number of anilines is 1. The minimum Gasteiger partial charge on any atom is -0.352 e. The molecule has 0 fully saturated rings. The van der Waals surface area contributed by atoms with Crippen LogP contribution in [0.3, 0.4) is 0 Å². The second kappa shape index (κ2) is 8.36. The minimum absolute atomic E-state index is 0.182. The number of sulfonamides is 1. The lowest BCUT2D eigenvalue weighted by molar-refractivity contribution is 0.0953. The molecule has 0 radical (unpaired) electrons. The van der Waals surface area contributed by atoms with Gasteiger partial charge in [0.1, 0.15) is 0 Å². The number of unbranched alkanes of at least 4 members (excludes halogenated alkanes) is 1. The molecule has 5 nitrogen and oxygen atoms in total. The van der Waals surface area contributed by atoms with Gasteiger partial charge < -0.3 is 5.32 Å². The van der Waals surface area contributed by atoms with Crippen LogP contribution in [-0.4, -0.2) is 27.9 Å². The fourth-order valence-corrected chi connectivity index (χ4v) is 3.66. The van der Waals surface area contributed by atoms with Crippen LogP contribution in [0.5, 0.6) is 0 Å². The van der Waals surface area contributed by atoms with E-state index in [2.05, 4.69) is 5.32 Å². The molecule has 0 saturated carbocycles. The summed E-state index contributed by atoms with van der Waals surface area (Å²) in [4.78, 5) is 12.5. The zero-order valence-electron chi connectivity index (χ0n) is 14.2. The maximum atomic E-state index is 12.7. The van der Waals surface area contributed by atoms with Crippen molar-refractivity contribution in [2.75, 3.05) is 17.9 Å². The summed E-state index contributed by atoms with van der Waals surface area (Å²) in [7, 11) is -2.26. The Morgan fingerprint density at radius 1 is 1.16 bits per heavy atom. The molecule has 0 aliphatic carbocycles. The number of rotatable bonds is 7. The Morgan fingerprint density at radius 2 is 1.84 bits per heavy atom. The Hall–Kier alpha value is -2.05. The van der Waals surface area contributed by atoms with E-state index in [1.807, 2.05) is 6.92 Å². The van der Waals surface area contributed by atoms with Gasteiger partial charge in [-0.1, -0.05) is 43.1 Å². The van der Waals surface area contributed by atoms with Gasteiger partial charge in [-0.25, -0.2) is 8.42 Å². The average Bonchev–Trinajstić information content (AvgIpc) is 2.62. The fraction of sp³-hybridized carbons (Fsp3) is 0.278. The lowest BCUT2D eigenvalue weighted by Gasteiger charge is -2.20. The Kier molecular flexibility index (Phi) is 6.45. The van der Waals surface area contributed by atoms with E-state index in [4.69, 9.17) is 11.6 Å². The maximum absolute atomic E-state index is 12.7. The number of nitrogens with zero attached hydrogens (tertiary/aromatic N) is 1. The third kappa shape index (κ3) is 4.52. The predicted molar refractivity (Wildman–Crippen MR) is 101 cm³/mol. The summed E-state index contributed by atoms with van der Waals surface area (Å²) in [6.07, 6.45) is 1.83. The van der Waals surface area contributed by atoms with Crippen LogP contribution in [-0.2, 0) is 10.0 Å². The van der Waals surface area contributed by atoms with Crippen LogP contribution in [0.25, 0.3) is 0 Å². The van der Waals surface area contributed by atoms with Crippen LogP contribution in [0.1, 0.15) is 30.1 Å². The molecule has 1 amide bonds. The highest BCUT2D eigenvalue weighted by Crippen LogP contribution is 2.26. The van der Waals surface area contributed by atoms with Crippen molar-refractivity contribution in [2.45, 2.75) is 24.7 Å². The number of amides is 1. The molecular formula is C18H21ClN2O3S. The first-order valence-electron chi connectivity index (χ1n) is 7.99. The summed E-state index contributed by atoms with van der Waals surface area (Å²) < 4.78 is 26.5. The largest absolute Gasteiger partial charge is 0.352 e. The average molecular weight is 381 g/mol. The van der Waals surface area contributed by atoms with Gasteiger partial charge in [-0.15, -0.1) is 0 Å². The monoisotopic (exact) mass is 380 g/mol. The van der Waals surface area contributed by atoms with Crippen molar-refractivity contribution in [3.8, 4) is 0 Å². The van der Waals surface area contributed by atoms with E-state index in [1.165, 1.54) is 31.3 Å². The maximum Gasteiger partial charge on any atom is 0.264 e. The molecule has 134 valence electrons. The molecule has 0 heterocycles. The first-order chi connectivity index (χ1) is 11.9. The molecule has 0 saturated heterocycles. The van der Waals surface area contributed by atoms with Gasteiger partial charge >= 0.3 is 0 Å². The Balaban J connectivity index is 2.31. The molecule has 25 heavy (non-hydrogen) atoms. The molecule has 7 heteroatoms. The number of benzene rings is 2. The van der Waals surface area contributed by atoms with E-state index in [-0.39, 0.29) is 21.4 Å². The van der Waals surface area contributed by atoms with Crippen molar-refractivity contribution in [1.82, 2.24) is 5.32 Å². The Bertz CT molecular complexity index is 839. The Labute approximate surface area is 153 Å². The van der Waals surface area contributed by atoms with Crippen molar-refractivity contribution < 1.29 is 13.2 Å². The molecule has 0 spiro atoms. The first-order valence-corrected chi connectivity index (χ1v) is 9.81. The highest BCUT2D eigenvalue weighted by molar-refractivity contribution is 7.92. The molecule has 0 aromatic heterocycles. The van der Waals surface area contributed by atoms with Gasteiger partial charge in [-0.05, 0) is 36.8 Å². The molecule has 0 unspecified atom stereocenters. The second-order valence-electron chi connectivity index (χ2n) is 5.56. The van der Waals surface area contributed by atoms with Gasteiger partial charge in [0.25, 0.3) is 15.9 Å². The molecule has 0 bridgehead atoms. The summed E-state index contributed by atoms with van der Waals surface area (Å²) in [5, 5.41) is 3.07. The zero-order valence-corrected chi connectivity index (χ0v) is 15.8. The quantitative estimate of drug-likeness (QED) is 0.745. The lowest BCUT2D eigenvalue weighted by Crippen LogP contribution is -2.28. The Morgan fingerprint density at radius 3 is 2.48 bits per heavy atom. The number of hydrogen-bond acceptors (Lipinski definition) is 3. The van der Waals surface area contributed by atoms with Gasteiger partial charge in [-0.2, -0.15) is 0 Å². The lowest BCUT2D eigenvalue weighted by atomic mass is 10.2. The summed E-state index contributed by atoms with van der Waals surface area (Å²) >= 11 is 6.11. The van der Waals surface area contributed by atoms with Crippen LogP contribution in [0, 0.1) is 0 Å². The van der Waals surface area contributed by atoms with E-state index < -0.39 is 10.0 Å². The first kappa shape index (κ1) is 19.3. The predicted octanol–water partition coefficient (Wildman–Crippen LogP) is 3.70. The van der Waals surface area contributed by atoms with Gasteiger partial charge in [0.15, 0.2) is 0 Å². The van der Waals surface area contributed by atoms with Crippen molar-refractivity contribution in [3.63, 3.8) is 0 Å².